The Hall–Kier alpha value is -3.08. The molecule has 3 aromatic rings. The summed E-state index contributed by atoms with van der Waals surface area (Å²) in [5, 5.41) is 9.51. The van der Waals surface area contributed by atoms with Crippen molar-refractivity contribution in [3.05, 3.63) is 83.9 Å². The lowest BCUT2D eigenvalue weighted by Crippen LogP contribution is -2.41. The molecule has 5 heteroatoms. The van der Waals surface area contributed by atoms with E-state index in [2.05, 4.69) is 9.55 Å². The van der Waals surface area contributed by atoms with E-state index in [-0.39, 0.29) is 17.6 Å². The molecule has 0 aliphatic carbocycles. The van der Waals surface area contributed by atoms with Crippen LogP contribution in [0.1, 0.15) is 22.7 Å². The van der Waals surface area contributed by atoms with E-state index in [1.165, 1.54) is 0 Å². The first-order valence-corrected chi connectivity index (χ1v) is 8.81. The fourth-order valence-corrected chi connectivity index (χ4v) is 3.49. The third-order valence-corrected chi connectivity index (χ3v) is 4.95. The number of benzene rings is 2. The van der Waals surface area contributed by atoms with Crippen molar-refractivity contribution in [2.45, 2.75) is 25.4 Å². The number of amides is 1. The highest BCUT2D eigenvalue weighted by molar-refractivity contribution is 5.84. The molecule has 1 aromatic heterocycles. The second-order valence-electron chi connectivity index (χ2n) is 6.67. The largest absolute Gasteiger partial charge is 0.508 e. The van der Waals surface area contributed by atoms with Crippen LogP contribution >= 0.6 is 0 Å². The van der Waals surface area contributed by atoms with E-state index in [0.29, 0.717) is 19.5 Å². The Morgan fingerprint density at radius 2 is 1.85 bits per heavy atom. The zero-order valence-electron chi connectivity index (χ0n) is 14.5. The molecule has 0 saturated heterocycles. The normalized spacial score (nSPS) is 14.7. The summed E-state index contributed by atoms with van der Waals surface area (Å²) in [6, 6.07) is 17.0. The van der Waals surface area contributed by atoms with Crippen LogP contribution in [0.5, 0.6) is 5.75 Å². The molecule has 2 aromatic carbocycles. The van der Waals surface area contributed by atoms with Crippen LogP contribution < -0.4 is 0 Å². The van der Waals surface area contributed by atoms with Gasteiger partial charge in [-0.15, -0.1) is 0 Å². The smallest absolute Gasteiger partial charge is 0.230 e. The highest BCUT2D eigenvalue weighted by Gasteiger charge is 2.28. The van der Waals surface area contributed by atoms with Crippen molar-refractivity contribution >= 4 is 5.91 Å². The Balaban J connectivity index is 1.60. The Morgan fingerprint density at radius 1 is 1.08 bits per heavy atom. The van der Waals surface area contributed by atoms with Crippen molar-refractivity contribution < 1.29 is 9.90 Å². The van der Waals surface area contributed by atoms with E-state index in [4.69, 9.17) is 0 Å². The first kappa shape index (κ1) is 16.4. The number of aromatic nitrogens is 2. The van der Waals surface area contributed by atoms with Gasteiger partial charge in [0.25, 0.3) is 0 Å². The van der Waals surface area contributed by atoms with E-state index >= 15 is 0 Å². The highest BCUT2D eigenvalue weighted by atomic mass is 16.3. The quantitative estimate of drug-likeness (QED) is 0.789. The number of imidazole rings is 1. The second-order valence-corrected chi connectivity index (χ2v) is 6.67. The third kappa shape index (κ3) is 3.33. The fourth-order valence-electron chi connectivity index (χ4n) is 3.49. The Labute approximate surface area is 152 Å². The number of hydrogen-bond acceptors (Lipinski definition) is 3. The molecule has 1 N–H and O–H groups in total. The van der Waals surface area contributed by atoms with E-state index in [1.54, 1.807) is 12.1 Å². The molecule has 0 radical (unpaired) electrons. The number of carbonyl (C=O) groups excluding carboxylic acids is 1. The SMILES string of the molecule is O=C(C(Cc1ccc(O)cc1)c1ccccc1)N1CCn2cncc2C1. The zero-order valence-corrected chi connectivity index (χ0v) is 14.5. The predicted octanol–water partition coefficient (Wildman–Crippen LogP) is 2.96. The molecule has 1 unspecified atom stereocenters. The number of aromatic hydroxyl groups is 1. The summed E-state index contributed by atoms with van der Waals surface area (Å²) in [6.45, 7) is 2.07. The number of nitrogens with zero attached hydrogens (tertiary/aromatic N) is 3. The van der Waals surface area contributed by atoms with Crippen LogP contribution in [-0.2, 0) is 24.3 Å². The lowest BCUT2D eigenvalue weighted by atomic mass is 9.90. The lowest BCUT2D eigenvalue weighted by molar-refractivity contribution is -0.134. The van der Waals surface area contributed by atoms with Gasteiger partial charge in [0, 0.05) is 19.3 Å². The summed E-state index contributed by atoms with van der Waals surface area (Å²) in [5.41, 5.74) is 3.12. The van der Waals surface area contributed by atoms with Gasteiger partial charge in [-0.25, -0.2) is 4.98 Å². The van der Waals surface area contributed by atoms with Crippen LogP contribution in [-0.4, -0.2) is 32.0 Å². The molecule has 1 aliphatic heterocycles. The molecule has 1 atom stereocenters. The number of rotatable bonds is 4. The maximum atomic E-state index is 13.3. The first-order valence-electron chi connectivity index (χ1n) is 8.81. The fraction of sp³-hybridized carbons (Fsp3) is 0.238. The number of fused-ring (bicyclic) bond motifs is 1. The van der Waals surface area contributed by atoms with Crippen LogP contribution in [0.15, 0.2) is 67.1 Å². The van der Waals surface area contributed by atoms with E-state index in [0.717, 1.165) is 23.4 Å². The molecular formula is C21H21N3O2. The summed E-state index contributed by atoms with van der Waals surface area (Å²) in [6.07, 6.45) is 4.26. The number of phenols is 1. The second kappa shape index (κ2) is 7.04. The maximum absolute atomic E-state index is 13.3. The summed E-state index contributed by atoms with van der Waals surface area (Å²) in [7, 11) is 0. The van der Waals surface area contributed by atoms with Crippen molar-refractivity contribution in [3.63, 3.8) is 0 Å². The molecule has 0 bridgehead atoms. The van der Waals surface area contributed by atoms with Crippen molar-refractivity contribution in [2.75, 3.05) is 6.54 Å². The Bertz CT molecular complexity index is 887. The molecule has 1 aliphatic rings. The first-order chi connectivity index (χ1) is 12.7. The Kier molecular flexibility index (Phi) is 4.44. The van der Waals surface area contributed by atoms with Gasteiger partial charge in [0.05, 0.1) is 24.5 Å². The average Bonchev–Trinajstić information content (AvgIpc) is 3.15. The summed E-state index contributed by atoms with van der Waals surface area (Å²) in [4.78, 5) is 19.5. The van der Waals surface area contributed by atoms with Gasteiger partial charge >= 0.3 is 0 Å². The van der Waals surface area contributed by atoms with Gasteiger partial charge in [-0.05, 0) is 29.7 Å². The minimum atomic E-state index is -0.241. The van der Waals surface area contributed by atoms with Crippen molar-refractivity contribution in [3.8, 4) is 5.75 Å². The number of phenolic OH excluding ortho intramolecular Hbond substituents is 1. The minimum Gasteiger partial charge on any atom is -0.508 e. The Morgan fingerprint density at radius 3 is 2.62 bits per heavy atom. The van der Waals surface area contributed by atoms with Gasteiger partial charge in [0.2, 0.25) is 5.91 Å². The maximum Gasteiger partial charge on any atom is 0.230 e. The van der Waals surface area contributed by atoms with Gasteiger partial charge in [-0.1, -0.05) is 42.5 Å². The summed E-state index contributed by atoms with van der Waals surface area (Å²) < 4.78 is 2.10. The van der Waals surface area contributed by atoms with Crippen LogP contribution in [0.25, 0.3) is 0 Å². The molecule has 2 heterocycles. The number of hydrogen-bond donors (Lipinski definition) is 1. The summed E-state index contributed by atoms with van der Waals surface area (Å²) in [5.74, 6) is 0.132. The molecule has 0 saturated carbocycles. The zero-order chi connectivity index (χ0) is 17.9. The predicted molar refractivity (Wildman–Crippen MR) is 98.6 cm³/mol. The highest BCUT2D eigenvalue weighted by Crippen LogP contribution is 2.26. The van der Waals surface area contributed by atoms with Crippen LogP contribution in [0, 0.1) is 0 Å². The third-order valence-electron chi connectivity index (χ3n) is 4.95. The summed E-state index contributed by atoms with van der Waals surface area (Å²) >= 11 is 0. The molecule has 0 fully saturated rings. The standard InChI is InChI=1S/C21H21N3O2/c25-19-8-6-16(7-9-19)12-20(17-4-2-1-3-5-17)21(26)23-10-11-24-15-22-13-18(24)14-23/h1-9,13,15,20,25H,10-12,14H2. The topological polar surface area (TPSA) is 58.4 Å². The van der Waals surface area contributed by atoms with Gasteiger partial charge in [0.15, 0.2) is 0 Å². The van der Waals surface area contributed by atoms with Crippen LogP contribution in [0.3, 0.4) is 0 Å². The van der Waals surface area contributed by atoms with E-state index in [1.807, 2.05) is 59.9 Å². The van der Waals surface area contributed by atoms with Gasteiger partial charge < -0.3 is 14.6 Å². The molecule has 0 spiro atoms. The molecular weight excluding hydrogens is 326 g/mol. The van der Waals surface area contributed by atoms with Gasteiger partial charge in [-0.2, -0.15) is 0 Å². The van der Waals surface area contributed by atoms with Crippen molar-refractivity contribution in [2.24, 2.45) is 0 Å². The molecule has 5 nitrogen and oxygen atoms in total. The van der Waals surface area contributed by atoms with Crippen molar-refractivity contribution in [1.29, 1.82) is 0 Å². The lowest BCUT2D eigenvalue weighted by Gasteiger charge is -2.31. The van der Waals surface area contributed by atoms with Crippen LogP contribution in [0.4, 0.5) is 0 Å². The van der Waals surface area contributed by atoms with E-state index < -0.39 is 0 Å². The molecule has 26 heavy (non-hydrogen) atoms. The van der Waals surface area contributed by atoms with Crippen molar-refractivity contribution in [1.82, 2.24) is 14.5 Å². The van der Waals surface area contributed by atoms with Crippen LogP contribution in [0.2, 0.25) is 0 Å². The molecule has 132 valence electrons. The monoisotopic (exact) mass is 347 g/mol. The molecule has 1 amide bonds. The molecule has 4 rings (SSSR count). The van der Waals surface area contributed by atoms with Gasteiger partial charge in [0.1, 0.15) is 5.75 Å². The number of carbonyl (C=O) groups is 1. The minimum absolute atomic E-state index is 0.136. The van der Waals surface area contributed by atoms with E-state index in [9.17, 15) is 9.90 Å². The van der Waals surface area contributed by atoms with Gasteiger partial charge in [-0.3, -0.25) is 4.79 Å². The average molecular weight is 347 g/mol.